The van der Waals surface area contributed by atoms with Crippen LogP contribution in [0.25, 0.3) is 0 Å². The number of benzene rings is 2. The normalized spacial score (nSPS) is 11.3. The Balaban J connectivity index is 0.00000264. The van der Waals surface area contributed by atoms with E-state index in [0.29, 0.717) is 5.25 Å². The SMILES string of the molecule is C#CCCC(C)SC(=S)[PH+](c1ccccc1)c1ccccc1.[W]. The largest absolute Gasteiger partial charge is 0.197 e. The molecule has 0 aliphatic heterocycles. The summed E-state index contributed by atoms with van der Waals surface area (Å²) in [6.45, 7) is 2.21. The topological polar surface area (TPSA) is 0 Å². The molecule has 2 aromatic rings. The maximum atomic E-state index is 5.82. The zero-order chi connectivity index (χ0) is 15.8. The molecular weight excluding hydrogens is 507 g/mol. The second-order valence-corrected chi connectivity index (χ2v) is 10.3. The van der Waals surface area contributed by atoms with Crippen molar-refractivity contribution in [2.45, 2.75) is 25.0 Å². The molecule has 0 nitrogen and oxygen atoms in total. The maximum absolute atomic E-state index is 5.82. The van der Waals surface area contributed by atoms with Crippen molar-refractivity contribution in [1.82, 2.24) is 0 Å². The third-order valence-corrected chi connectivity index (χ3v) is 8.28. The molecule has 0 radical (unpaired) electrons. The quantitative estimate of drug-likeness (QED) is 0.305. The molecule has 0 N–H and O–H groups in total. The fourth-order valence-electron chi connectivity index (χ4n) is 2.20. The molecule has 118 valence electrons. The molecular formula is C19H20PS2W+. The molecule has 2 aromatic carbocycles. The number of thiocarbonyl (C=S) groups is 1. The van der Waals surface area contributed by atoms with E-state index in [4.69, 9.17) is 18.6 Å². The van der Waals surface area contributed by atoms with Gasteiger partial charge in [0.15, 0.2) is 3.94 Å². The van der Waals surface area contributed by atoms with Crippen LogP contribution in [0.3, 0.4) is 0 Å². The van der Waals surface area contributed by atoms with Gasteiger partial charge in [0.2, 0.25) is 0 Å². The van der Waals surface area contributed by atoms with Crippen LogP contribution >= 0.6 is 31.9 Å². The summed E-state index contributed by atoms with van der Waals surface area (Å²) in [7, 11) is -1.05. The average molecular weight is 527 g/mol. The van der Waals surface area contributed by atoms with Gasteiger partial charge in [-0.15, -0.1) is 12.3 Å². The van der Waals surface area contributed by atoms with Gasteiger partial charge >= 0.3 is 0 Å². The summed E-state index contributed by atoms with van der Waals surface area (Å²) in [4.78, 5) is 0. The summed E-state index contributed by atoms with van der Waals surface area (Å²) in [5.41, 5.74) is 0. The smallest absolute Gasteiger partial charge is 0.120 e. The van der Waals surface area contributed by atoms with E-state index in [-0.39, 0.29) is 21.1 Å². The predicted octanol–water partition coefficient (Wildman–Crippen LogP) is 4.67. The number of terminal acetylenes is 1. The van der Waals surface area contributed by atoms with Crippen LogP contribution in [-0.4, -0.2) is 9.19 Å². The van der Waals surface area contributed by atoms with Gasteiger partial charge in [0, 0.05) is 32.7 Å². The Morgan fingerprint density at radius 2 is 1.57 bits per heavy atom. The van der Waals surface area contributed by atoms with E-state index in [1.54, 1.807) is 0 Å². The Kier molecular flexibility index (Phi) is 10.0. The van der Waals surface area contributed by atoms with Gasteiger partial charge in [-0.1, -0.05) is 55.1 Å². The van der Waals surface area contributed by atoms with Crippen molar-refractivity contribution in [3.8, 4) is 12.3 Å². The standard InChI is InChI=1S/C19H19PS2.W/c1-3-4-11-16(2)22-19(21)20(17-12-7-5-8-13-17)18-14-9-6-10-15-18;/h1,5-10,12-16H,4,11H2,2H3;/p+1. The van der Waals surface area contributed by atoms with E-state index in [1.165, 1.54) is 10.6 Å². The first kappa shape index (κ1) is 20.6. The van der Waals surface area contributed by atoms with Crippen LogP contribution in [-0.2, 0) is 21.1 Å². The molecule has 4 heteroatoms. The van der Waals surface area contributed by atoms with Gasteiger partial charge in [-0.3, -0.25) is 0 Å². The number of thioether (sulfide) groups is 1. The summed E-state index contributed by atoms with van der Waals surface area (Å²) in [6.07, 6.45) is 7.19. The number of hydrogen-bond acceptors (Lipinski definition) is 2. The molecule has 0 saturated heterocycles. The summed E-state index contributed by atoms with van der Waals surface area (Å²) < 4.78 is 1.12. The molecule has 0 aliphatic carbocycles. The van der Waals surface area contributed by atoms with Gasteiger partial charge in [0.05, 0.1) is 0 Å². The van der Waals surface area contributed by atoms with Crippen molar-refractivity contribution in [3.63, 3.8) is 0 Å². The van der Waals surface area contributed by atoms with Crippen molar-refractivity contribution < 1.29 is 21.1 Å². The Labute approximate surface area is 164 Å². The molecule has 0 fully saturated rings. The van der Waals surface area contributed by atoms with Gasteiger partial charge in [-0.2, -0.15) is 0 Å². The van der Waals surface area contributed by atoms with Crippen molar-refractivity contribution >= 4 is 46.4 Å². The van der Waals surface area contributed by atoms with E-state index >= 15 is 0 Å². The zero-order valence-corrected chi connectivity index (χ0v) is 18.6. The fraction of sp³-hybridized carbons (Fsp3) is 0.211. The van der Waals surface area contributed by atoms with E-state index in [9.17, 15) is 0 Å². The van der Waals surface area contributed by atoms with Crippen LogP contribution in [0.1, 0.15) is 19.8 Å². The van der Waals surface area contributed by atoms with Crippen LogP contribution in [0, 0.1) is 12.3 Å². The third kappa shape index (κ3) is 6.52. The van der Waals surface area contributed by atoms with E-state index in [1.807, 2.05) is 11.8 Å². The summed E-state index contributed by atoms with van der Waals surface area (Å²) >= 11 is 7.64. The molecule has 23 heavy (non-hydrogen) atoms. The van der Waals surface area contributed by atoms with Crippen LogP contribution in [0.15, 0.2) is 60.7 Å². The number of hydrogen-bond donors (Lipinski definition) is 0. The molecule has 0 bridgehead atoms. The van der Waals surface area contributed by atoms with E-state index in [2.05, 4.69) is 73.5 Å². The van der Waals surface area contributed by atoms with E-state index in [0.717, 1.165) is 16.8 Å². The first-order valence-corrected chi connectivity index (χ1v) is 10.1. The minimum absolute atomic E-state index is 0. The minimum Gasteiger partial charge on any atom is -0.120 e. The molecule has 1 unspecified atom stereocenters. The molecule has 0 amide bonds. The van der Waals surface area contributed by atoms with Crippen LogP contribution in [0.5, 0.6) is 0 Å². The third-order valence-electron chi connectivity index (χ3n) is 3.33. The van der Waals surface area contributed by atoms with Crippen molar-refractivity contribution in [1.29, 1.82) is 0 Å². The Bertz CT molecular complexity index is 598. The summed E-state index contributed by atoms with van der Waals surface area (Å²) in [5.74, 6) is 2.72. The molecule has 0 aromatic heterocycles. The van der Waals surface area contributed by atoms with E-state index < -0.39 is 7.92 Å². The molecule has 0 spiro atoms. The van der Waals surface area contributed by atoms with Gasteiger partial charge in [0.25, 0.3) is 0 Å². The van der Waals surface area contributed by atoms with Gasteiger partial charge in [0.1, 0.15) is 18.5 Å². The minimum atomic E-state index is -1.05. The predicted molar refractivity (Wildman–Crippen MR) is 108 cm³/mol. The molecule has 0 saturated carbocycles. The van der Waals surface area contributed by atoms with Gasteiger partial charge < -0.3 is 0 Å². The molecule has 2 rings (SSSR count). The second kappa shape index (κ2) is 11.2. The average Bonchev–Trinajstić information content (AvgIpc) is 2.55. The van der Waals surface area contributed by atoms with Crippen molar-refractivity contribution in [2.75, 3.05) is 0 Å². The van der Waals surface area contributed by atoms with Crippen LogP contribution in [0.2, 0.25) is 0 Å². The first-order chi connectivity index (χ1) is 10.7. The van der Waals surface area contributed by atoms with Crippen molar-refractivity contribution in [3.05, 3.63) is 60.7 Å². The Morgan fingerprint density at radius 3 is 2.00 bits per heavy atom. The first-order valence-electron chi connectivity index (χ1n) is 7.34. The fourth-order valence-corrected chi connectivity index (χ4v) is 7.64. The monoisotopic (exact) mass is 527 g/mol. The van der Waals surface area contributed by atoms with Gasteiger partial charge in [-0.25, -0.2) is 0 Å². The number of rotatable bonds is 6. The van der Waals surface area contributed by atoms with Crippen molar-refractivity contribution in [2.24, 2.45) is 0 Å². The summed E-state index contributed by atoms with van der Waals surface area (Å²) in [6, 6.07) is 21.3. The molecule has 0 heterocycles. The Hall–Kier alpha value is -0.442. The van der Waals surface area contributed by atoms with Gasteiger partial charge in [-0.05, 0) is 42.9 Å². The molecule has 0 aliphatic rings. The summed E-state index contributed by atoms with van der Waals surface area (Å²) in [5, 5.41) is 3.16. The van der Waals surface area contributed by atoms with Crippen LogP contribution in [0.4, 0.5) is 0 Å². The second-order valence-electron chi connectivity index (χ2n) is 5.07. The Morgan fingerprint density at radius 1 is 1.09 bits per heavy atom. The zero-order valence-electron chi connectivity index (χ0n) is 13.1. The maximum Gasteiger partial charge on any atom is 0.197 e. The van der Waals surface area contributed by atoms with Crippen LogP contribution < -0.4 is 10.6 Å². The molecule has 1 atom stereocenters.